The maximum atomic E-state index is 12.3. The summed E-state index contributed by atoms with van der Waals surface area (Å²) in [4.78, 5) is 44.7. The van der Waals surface area contributed by atoms with Crippen molar-refractivity contribution < 1.29 is 20.1 Å². The summed E-state index contributed by atoms with van der Waals surface area (Å²) in [5.74, 6) is -1.64. The smallest absolute Gasteiger partial charge is 0.337 e. The van der Waals surface area contributed by atoms with Gasteiger partial charge in [0.15, 0.2) is 0 Å². The number of aromatic hydroxyl groups is 1. The molecular weight excluding hydrogens is 380 g/mol. The maximum absolute atomic E-state index is 12.3. The fourth-order valence-electron chi connectivity index (χ4n) is 3.03. The molecule has 3 aromatic rings. The number of benzene rings is 2. The van der Waals surface area contributed by atoms with E-state index < -0.39 is 22.9 Å². The fraction of sp³-hybridized carbons (Fsp3) is 0.263. The number of hydrogen-bond donors (Lipinski definition) is 5. The van der Waals surface area contributed by atoms with E-state index in [0.717, 1.165) is 18.2 Å². The number of aromatic nitrogens is 2. The third-order valence-electron chi connectivity index (χ3n) is 4.30. The molecule has 0 spiro atoms. The van der Waals surface area contributed by atoms with E-state index in [1.54, 1.807) is 0 Å². The number of H-pyrrole nitrogens is 1. The van der Waals surface area contributed by atoms with E-state index >= 15 is 0 Å². The number of carbonyl (C=O) groups is 1. The maximum Gasteiger partial charge on any atom is 0.337 e. The molecule has 0 bridgehead atoms. The molecule has 1 unspecified atom stereocenters. The number of nitrogens with one attached hydrogen (secondary N) is 2. The summed E-state index contributed by atoms with van der Waals surface area (Å²) in [5.41, 5.74) is -1.60. The van der Waals surface area contributed by atoms with Gasteiger partial charge in [0.1, 0.15) is 22.3 Å². The molecule has 152 valence electrons. The van der Waals surface area contributed by atoms with Crippen LogP contribution >= 0.6 is 0 Å². The number of rotatable bonds is 6. The molecule has 2 aromatic carbocycles. The third-order valence-corrected chi connectivity index (χ3v) is 4.30. The number of nitrogens with zero attached hydrogens (tertiary/aromatic N) is 2. The van der Waals surface area contributed by atoms with E-state index in [2.05, 4.69) is 15.3 Å². The summed E-state index contributed by atoms with van der Waals surface area (Å²) in [5, 5.41) is 32.5. The predicted molar refractivity (Wildman–Crippen MR) is 107 cm³/mol. The van der Waals surface area contributed by atoms with Crippen LogP contribution < -0.4 is 21.4 Å². The number of carboxylic acids is 1. The second kappa shape index (κ2) is 7.86. The van der Waals surface area contributed by atoms with Crippen molar-refractivity contribution in [2.75, 3.05) is 27.2 Å². The summed E-state index contributed by atoms with van der Waals surface area (Å²) < 4.78 is 0. The van der Waals surface area contributed by atoms with E-state index in [1.165, 1.54) is 6.20 Å². The van der Waals surface area contributed by atoms with Crippen LogP contribution in [-0.4, -0.2) is 69.4 Å². The average molecular weight is 400 g/mol. The minimum atomic E-state index is -1.28. The van der Waals surface area contributed by atoms with Gasteiger partial charge in [-0.25, -0.2) is 9.78 Å². The second-order valence-electron chi connectivity index (χ2n) is 6.88. The van der Waals surface area contributed by atoms with Gasteiger partial charge in [-0.3, -0.25) is 9.59 Å². The lowest BCUT2D eigenvalue weighted by atomic mass is 10.1. The summed E-state index contributed by atoms with van der Waals surface area (Å²) >= 11 is 0. The topological polar surface area (TPSA) is 156 Å². The highest BCUT2D eigenvalue weighted by molar-refractivity contribution is 6.02. The number of likely N-dealkylation sites (N-methyl/N-ethyl adjacent to an activating group) is 1. The highest BCUT2D eigenvalue weighted by atomic mass is 16.4. The number of aromatic carboxylic acids is 1. The number of phenols is 1. The monoisotopic (exact) mass is 400 g/mol. The zero-order chi connectivity index (χ0) is 21.3. The Balaban J connectivity index is 2.21. The Morgan fingerprint density at radius 2 is 1.97 bits per heavy atom. The standard InChI is InChI=1S/C19H20N4O6/c1-23(2)8-9(24)6-20-7-11-13(26)5-14(27)18-16(11)22-17-12(25)4-3-10(19(28)29)15(17)21-18/h3-5,7,9,20-21,24,26H,6,8H2,1-2H3,(H,28,29)/b11-7-. The van der Waals surface area contributed by atoms with Crippen LogP contribution in [0.5, 0.6) is 5.75 Å². The van der Waals surface area contributed by atoms with E-state index in [1.807, 2.05) is 19.0 Å². The molecule has 3 rings (SSSR count). The Kier molecular flexibility index (Phi) is 5.48. The van der Waals surface area contributed by atoms with Gasteiger partial charge in [0, 0.05) is 25.4 Å². The summed E-state index contributed by atoms with van der Waals surface area (Å²) in [7, 11) is 3.63. The number of aromatic amines is 1. The van der Waals surface area contributed by atoms with Crippen LogP contribution in [-0.2, 0) is 0 Å². The number of aliphatic hydroxyl groups is 1. The molecule has 1 heterocycles. The van der Waals surface area contributed by atoms with Crippen molar-refractivity contribution in [1.82, 2.24) is 20.2 Å². The van der Waals surface area contributed by atoms with Crippen LogP contribution in [0.15, 0.2) is 27.8 Å². The first-order chi connectivity index (χ1) is 13.7. The van der Waals surface area contributed by atoms with Crippen molar-refractivity contribution in [2.45, 2.75) is 6.10 Å². The molecule has 10 heteroatoms. The first-order valence-electron chi connectivity index (χ1n) is 8.71. The zero-order valence-electron chi connectivity index (χ0n) is 15.8. The summed E-state index contributed by atoms with van der Waals surface area (Å²) in [6.45, 7) is 0.590. The van der Waals surface area contributed by atoms with E-state index in [0.29, 0.717) is 6.54 Å². The van der Waals surface area contributed by atoms with Crippen LogP contribution in [0.1, 0.15) is 10.4 Å². The molecule has 10 nitrogen and oxygen atoms in total. The van der Waals surface area contributed by atoms with Crippen LogP contribution in [0.2, 0.25) is 0 Å². The Morgan fingerprint density at radius 3 is 2.62 bits per heavy atom. The largest absolute Gasteiger partial charge is 0.507 e. The van der Waals surface area contributed by atoms with Gasteiger partial charge in [0.2, 0.25) is 10.9 Å². The minimum absolute atomic E-state index is 0.0109. The molecule has 0 aliphatic carbocycles. The molecular formula is C19H20N4O6. The molecule has 1 atom stereocenters. The Bertz CT molecular complexity index is 1270. The van der Waals surface area contributed by atoms with Crippen LogP contribution in [0.25, 0.3) is 28.3 Å². The number of phenolic OH excluding ortho intramolecular Hbond substituents is 1. The van der Waals surface area contributed by atoms with Gasteiger partial charge >= 0.3 is 5.97 Å². The first-order valence-corrected chi connectivity index (χ1v) is 8.71. The SMILES string of the molecule is CN(C)CC(O)CN/C=c1/c(O)cc(=O)c2[nH]c3c(C(=O)O)ccc(=O)c3nc12. The molecule has 0 aliphatic rings. The van der Waals surface area contributed by atoms with Gasteiger partial charge < -0.3 is 30.5 Å². The van der Waals surface area contributed by atoms with Gasteiger partial charge in [-0.1, -0.05) is 0 Å². The number of hydrogen-bond acceptors (Lipinski definition) is 8. The zero-order valence-corrected chi connectivity index (χ0v) is 15.8. The van der Waals surface area contributed by atoms with Crippen molar-refractivity contribution >= 4 is 34.2 Å². The fourth-order valence-corrected chi connectivity index (χ4v) is 3.03. The number of aliphatic hydroxyl groups excluding tert-OH is 1. The molecule has 0 saturated heterocycles. The Hall–Kier alpha value is -3.50. The van der Waals surface area contributed by atoms with Gasteiger partial charge in [0.05, 0.1) is 22.4 Å². The van der Waals surface area contributed by atoms with E-state index in [-0.39, 0.29) is 45.1 Å². The van der Waals surface area contributed by atoms with Crippen LogP contribution in [0, 0.1) is 0 Å². The molecule has 0 aliphatic heterocycles. The Labute approximate surface area is 163 Å². The van der Waals surface area contributed by atoms with E-state index in [4.69, 9.17) is 0 Å². The molecule has 29 heavy (non-hydrogen) atoms. The quantitative estimate of drug-likeness (QED) is 0.321. The molecule has 5 N–H and O–H groups in total. The second-order valence-corrected chi connectivity index (χ2v) is 6.88. The molecule has 0 amide bonds. The van der Waals surface area contributed by atoms with Crippen LogP contribution in [0.4, 0.5) is 0 Å². The number of fused-ring (bicyclic) bond motifs is 2. The van der Waals surface area contributed by atoms with Crippen molar-refractivity contribution in [1.29, 1.82) is 0 Å². The number of carboxylic acid groups (broad SMARTS) is 1. The summed E-state index contributed by atoms with van der Waals surface area (Å²) in [6, 6.07) is 3.19. The lowest BCUT2D eigenvalue weighted by Crippen LogP contribution is -2.33. The molecule has 0 saturated carbocycles. The molecule has 0 radical (unpaired) electrons. The lowest BCUT2D eigenvalue weighted by molar-refractivity contribution is 0.0698. The van der Waals surface area contributed by atoms with Crippen molar-refractivity contribution in [2.24, 2.45) is 0 Å². The van der Waals surface area contributed by atoms with Crippen molar-refractivity contribution in [3.8, 4) is 5.75 Å². The molecule has 1 aromatic heterocycles. The van der Waals surface area contributed by atoms with Gasteiger partial charge in [-0.05, 0) is 26.2 Å². The van der Waals surface area contributed by atoms with Gasteiger partial charge in [0.25, 0.3) is 0 Å². The minimum Gasteiger partial charge on any atom is -0.507 e. The third kappa shape index (κ3) is 4.03. The predicted octanol–water partition coefficient (Wildman–Crippen LogP) is -1.19. The molecule has 0 fully saturated rings. The Morgan fingerprint density at radius 1 is 1.24 bits per heavy atom. The summed E-state index contributed by atoms with van der Waals surface area (Å²) in [6.07, 6.45) is 0.703. The van der Waals surface area contributed by atoms with Crippen molar-refractivity contribution in [3.05, 3.63) is 49.4 Å². The van der Waals surface area contributed by atoms with Gasteiger partial charge in [-0.15, -0.1) is 0 Å². The highest BCUT2D eigenvalue weighted by Gasteiger charge is 2.16. The average Bonchev–Trinajstić information content (AvgIpc) is 2.63. The van der Waals surface area contributed by atoms with Crippen molar-refractivity contribution in [3.63, 3.8) is 0 Å². The highest BCUT2D eigenvalue weighted by Crippen LogP contribution is 2.15. The first kappa shape index (κ1) is 20.2. The van der Waals surface area contributed by atoms with Gasteiger partial charge in [-0.2, -0.15) is 0 Å². The normalized spacial score (nSPS) is 13.3. The van der Waals surface area contributed by atoms with E-state index in [9.17, 15) is 29.7 Å². The lowest BCUT2D eigenvalue weighted by Gasteiger charge is -2.15. The van der Waals surface area contributed by atoms with Crippen LogP contribution in [0.3, 0.4) is 0 Å².